The van der Waals surface area contributed by atoms with Gasteiger partial charge in [0.05, 0.1) is 5.69 Å². The van der Waals surface area contributed by atoms with Crippen molar-refractivity contribution in [2.24, 2.45) is 0 Å². The maximum atomic E-state index is 13.8. The van der Waals surface area contributed by atoms with Crippen molar-refractivity contribution in [2.75, 3.05) is 10.5 Å². The Kier molecular flexibility index (Phi) is 4.40. The van der Waals surface area contributed by atoms with Crippen LogP contribution in [0.4, 0.5) is 20.2 Å². The zero-order chi connectivity index (χ0) is 15.8. The number of sulfonamides is 1. The SMILES string of the molecule is Nc1cc(S(=O)(=O)Nc2ccc(Cl)cc2F)c(F)cc1Br. The zero-order valence-corrected chi connectivity index (χ0v) is 13.4. The molecule has 0 radical (unpaired) electrons. The molecule has 2 aromatic carbocycles. The van der Waals surface area contributed by atoms with E-state index < -0.39 is 26.6 Å². The number of hydrogen-bond acceptors (Lipinski definition) is 3. The monoisotopic (exact) mass is 396 g/mol. The van der Waals surface area contributed by atoms with Gasteiger partial charge in [0.25, 0.3) is 10.0 Å². The Hall–Kier alpha value is -1.38. The quantitative estimate of drug-likeness (QED) is 0.775. The number of halogens is 4. The van der Waals surface area contributed by atoms with Crippen LogP contribution in [0.15, 0.2) is 39.7 Å². The van der Waals surface area contributed by atoms with Crippen LogP contribution < -0.4 is 10.5 Å². The molecule has 0 saturated heterocycles. The number of anilines is 2. The molecule has 21 heavy (non-hydrogen) atoms. The number of rotatable bonds is 3. The van der Waals surface area contributed by atoms with Crippen LogP contribution in [0.5, 0.6) is 0 Å². The van der Waals surface area contributed by atoms with E-state index in [0.29, 0.717) is 0 Å². The molecule has 0 aliphatic carbocycles. The minimum Gasteiger partial charge on any atom is -0.398 e. The van der Waals surface area contributed by atoms with Crippen LogP contribution in [-0.4, -0.2) is 8.42 Å². The van der Waals surface area contributed by atoms with E-state index >= 15 is 0 Å². The van der Waals surface area contributed by atoms with Gasteiger partial charge in [-0.2, -0.15) is 0 Å². The number of benzene rings is 2. The topological polar surface area (TPSA) is 72.2 Å². The summed E-state index contributed by atoms with van der Waals surface area (Å²) in [5, 5.41) is 0.106. The van der Waals surface area contributed by atoms with E-state index in [1.165, 1.54) is 6.07 Å². The third-order valence-corrected chi connectivity index (χ3v) is 4.82. The lowest BCUT2D eigenvalue weighted by atomic mass is 10.3. The van der Waals surface area contributed by atoms with E-state index in [4.69, 9.17) is 17.3 Å². The van der Waals surface area contributed by atoms with Crippen LogP contribution in [0.25, 0.3) is 0 Å². The van der Waals surface area contributed by atoms with Gasteiger partial charge in [0.15, 0.2) is 0 Å². The van der Waals surface area contributed by atoms with Crippen molar-refractivity contribution in [3.8, 4) is 0 Å². The highest BCUT2D eigenvalue weighted by Crippen LogP contribution is 2.28. The molecule has 112 valence electrons. The van der Waals surface area contributed by atoms with Crippen LogP contribution in [0.3, 0.4) is 0 Å². The fourth-order valence-corrected chi connectivity index (χ4v) is 3.16. The third-order valence-electron chi connectivity index (χ3n) is 2.52. The molecule has 0 atom stereocenters. The van der Waals surface area contributed by atoms with Gasteiger partial charge in [0, 0.05) is 15.2 Å². The standard InChI is InChI=1S/C12H8BrClF2N2O2S/c13-7-4-9(16)12(5-10(7)17)21(19,20)18-11-2-1-6(14)3-8(11)15/h1-5,18H,17H2. The molecule has 0 aliphatic heterocycles. The molecule has 2 aromatic rings. The Balaban J connectivity index is 2.46. The highest BCUT2D eigenvalue weighted by molar-refractivity contribution is 9.10. The lowest BCUT2D eigenvalue weighted by Crippen LogP contribution is -2.16. The van der Waals surface area contributed by atoms with E-state index in [1.807, 2.05) is 4.72 Å². The second-order valence-corrected chi connectivity index (χ2v) is 6.98. The smallest absolute Gasteiger partial charge is 0.264 e. The molecule has 0 aromatic heterocycles. The number of hydrogen-bond donors (Lipinski definition) is 2. The molecule has 0 unspecified atom stereocenters. The molecule has 0 fully saturated rings. The molecule has 0 saturated carbocycles. The Morgan fingerprint density at radius 2 is 1.81 bits per heavy atom. The number of nitrogen functional groups attached to an aromatic ring is 1. The molecular formula is C12H8BrClF2N2O2S. The van der Waals surface area contributed by atoms with Crippen molar-refractivity contribution in [3.63, 3.8) is 0 Å². The first-order chi connectivity index (χ1) is 9.70. The Morgan fingerprint density at radius 1 is 1.14 bits per heavy atom. The summed E-state index contributed by atoms with van der Waals surface area (Å²) in [4.78, 5) is -0.683. The molecular weight excluding hydrogens is 390 g/mol. The van der Waals surface area contributed by atoms with Crippen LogP contribution in [-0.2, 0) is 10.0 Å². The highest BCUT2D eigenvalue weighted by atomic mass is 79.9. The van der Waals surface area contributed by atoms with E-state index in [9.17, 15) is 17.2 Å². The van der Waals surface area contributed by atoms with Gasteiger partial charge in [-0.15, -0.1) is 0 Å². The highest BCUT2D eigenvalue weighted by Gasteiger charge is 2.22. The first-order valence-corrected chi connectivity index (χ1v) is 8.08. The van der Waals surface area contributed by atoms with Gasteiger partial charge in [-0.05, 0) is 46.3 Å². The lowest BCUT2D eigenvalue weighted by molar-refractivity contribution is 0.569. The minimum absolute atomic E-state index is 0.0355. The summed E-state index contributed by atoms with van der Waals surface area (Å²) >= 11 is 8.55. The van der Waals surface area contributed by atoms with Gasteiger partial charge >= 0.3 is 0 Å². The van der Waals surface area contributed by atoms with E-state index in [-0.39, 0.29) is 20.9 Å². The van der Waals surface area contributed by atoms with Crippen molar-refractivity contribution in [1.29, 1.82) is 0 Å². The molecule has 9 heteroatoms. The van der Waals surface area contributed by atoms with Crippen LogP contribution >= 0.6 is 27.5 Å². The van der Waals surface area contributed by atoms with E-state index in [0.717, 1.165) is 24.3 Å². The molecule has 0 aliphatic rings. The summed E-state index contributed by atoms with van der Waals surface area (Å²) in [6.07, 6.45) is 0. The van der Waals surface area contributed by atoms with Crippen LogP contribution in [0.1, 0.15) is 0 Å². The summed E-state index contributed by atoms with van der Waals surface area (Å²) in [5.41, 5.74) is 5.22. The zero-order valence-electron chi connectivity index (χ0n) is 10.2. The number of nitrogens with one attached hydrogen (secondary N) is 1. The second kappa shape index (κ2) is 5.78. The Labute approximate surface area is 133 Å². The fourth-order valence-electron chi connectivity index (χ4n) is 1.52. The summed E-state index contributed by atoms with van der Waals surface area (Å²) in [7, 11) is -4.33. The normalized spacial score (nSPS) is 11.4. The number of nitrogens with two attached hydrogens (primary N) is 1. The Morgan fingerprint density at radius 3 is 2.43 bits per heavy atom. The summed E-state index contributed by atoms with van der Waals surface area (Å²) in [6.45, 7) is 0. The maximum Gasteiger partial charge on any atom is 0.264 e. The maximum absolute atomic E-state index is 13.8. The average Bonchev–Trinajstić information content (AvgIpc) is 2.37. The largest absolute Gasteiger partial charge is 0.398 e. The van der Waals surface area contributed by atoms with E-state index in [2.05, 4.69) is 15.9 Å². The first kappa shape index (κ1) is 16.0. The summed E-state index contributed by atoms with van der Waals surface area (Å²) < 4.78 is 53.7. The van der Waals surface area contributed by atoms with Crippen molar-refractivity contribution in [1.82, 2.24) is 0 Å². The molecule has 2 rings (SSSR count). The van der Waals surface area contributed by atoms with Crippen LogP contribution in [0, 0.1) is 11.6 Å². The predicted octanol–water partition coefficient (Wildman–Crippen LogP) is 3.76. The molecule has 0 amide bonds. The van der Waals surface area contributed by atoms with Gasteiger partial charge in [-0.25, -0.2) is 17.2 Å². The van der Waals surface area contributed by atoms with Crippen molar-refractivity contribution in [3.05, 3.63) is 51.5 Å². The average molecular weight is 398 g/mol. The molecule has 0 bridgehead atoms. The van der Waals surface area contributed by atoms with Gasteiger partial charge in [0.2, 0.25) is 0 Å². The fraction of sp³-hybridized carbons (Fsp3) is 0. The van der Waals surface area contributed by atoms with Crippen LogP contribution in [0.2, 0.25) is 5.02 Å². The molecule has 0 spiro atoms. The van der Waals surface area contributed by atoms with E-state index in [1.54, 1.807) is 0 Å². The van der Waals surface area contributed by atoms with Gasteiger partial charge < -0.3 is 5.73 Å². The van der Waals surface area contributed by atoms with Crippen molar-refractivity contribution >= 4 is 48.9 Å². The van der Waals surface area contributed by atoms with Crippen molar-refractivity contribution in [2.45, 2.75) is 4.90 Å². The predicted molar refractivity (Wildman–Crippen MR) is 80.7 cm³/mol. The summed E-state index contributed by atoms with van der Waals surface area (Å²) in [6, 6.07) is 5.23. The van der Waals surface area contributed by atoms with Crippen molar-refractivity contribution < 1.29 is 17.2 Å². The minimum atomic E-state index is -4.33. The molecule has 0 heterocycles. The molecule has 4 nitrogen and oxygen atoms in total. The van der Waals surface area contributed by atoms with Gasteiger partial charge in [-0.1, -0.05) is 11.6 Å². The second-order valence-electron chi connectivity index (χ2n) is 4.03. The van der Waals surface area contributed by atoms with Gasteiger partial charge in [-0.3, -0.25) is 4.72 Å². The molecule has 3 N–H and O–H groups in total. The first-order valence-electron chi connectivity index (χ1n) is 5.43. The third kappa shape index (κ3) is 3.45. The summed E-state index contributed by atoms with van der Waals surface area (Å²) in [5.74, 6) is -1.89. The lowest BCUT2D eigenvalue weighted by Gasteiger charge is -2.11. The Bertz CT molecular complexity index is 815. The van der Waals surface area contributed by atoms with Gasteiger partial charge in [0.1, 0.15) is 16.5 Å².